The molecule has 0 bridgehead atoms. The van der Waals surface area contributed by atoms with Crippen molar-refractivity contribution < 1.29 is 114 Å². The van der Waals surface area contributed by atoms with Crippen molar-refractivity contribution in [2.75, 3.05) is 105 Å². The van der Waals surface area contributed by atoms with Gasteiger partial charge in [-0.3, -0.25) is 4.79 Å². The van der Waals surface area contributed by atoms with Gasteiger partial charge in [-0.25, -0.2) is 55.1 Å². The van der Waals surface area contributed by atoms with Crippen LogP contribution in [0.3, 0.4) is 0 Å². The average molecular weight is 2270 g/mol. The van der Waals surface area contributed by atoms with E-state index in [0.29, 0.717) is 156 Å². The van der Waals surface area contributed by atoms with Crippen LogP contribution in [0.15, 0.2) is 121 Å². The van der Waals surface area contributed by atoms with E-state index in [-0.39, 0.29) is 198 Å². The molecular formula is C98H116AlCl8F8LiN12O13S4. The predicted molar refractivity (Wildman–Crippen MR) is 565 cm³/mol. The van der Waals surface area contributed by atoms with E-state index in [0.717, 1.165) is 61.2 Å². The molecule has 4 aromatic heterocycles. The minimum absolute atomic E-state index is 0. The van der Waals surface area contributed by atoms with E-state index in [9.17, 15) is 55.2 Å². The van der Waals surface area contributed by atoms with Gasteiger partial charge in [0, 0.05) is 167 Å². The number of alkyl halides is 8. The summed E-state index contributed by atoms with van der Waals surface area (Å²) in [5.74, 6) is -8.51. The van der Waals surface area contributed by atoms with E-state index in [4.69, 9.17) is 151 Å². The number of aromatic amines is 4. The van der Waals surface area contributed by atoms with Crippen LogP contribution in [0.4, 0.5) is 57.9 Å². The molecule has 5 saturated heterocycles. The summed E-state index contributed by atoms with van der Waals surface area (Å²) in [5, 5.41) is 31.9. The molecule has 0 amide bonds. The number of aromatic nitrogens is 8. The number of carbonyl (C=O) groups is 1. The number of nitrogens with zero attached hydrogens (tertiary/aromatic N) is 8. The number of ketones is 1. The number of nitrogens with one attached hydrogen (secondary N) is 4. The molecule has 0 spiro atoms. The number of halogens is 16. The number of hydrogen-bond acceptors (Lipinski definition) is 21. The number of H-pyrrole nitrogens is 4. The maximum Gasteiger partial charge on any atom is 1.00 e. The first-order valence-corrected chi connectivity index (χ1v) is 51.5. The average Bonchev–Trinajstić information content (AvgIpc) is 1.71. The van der Waals surface area contributed by atoms with Gasteiger partial charge >= 0.3 is 65.1 Å². The second-order valence-corrected chi connectivity index (χ2v) is 37.8. The minimum atomic E-state index is -2.66. The number of Topliss-reactive ketones (excluding diaryl/α,β-unsaturated/α-hetero) is 1. The topological polar surface area (TPSA) is 351 Å². The number of benzene rings is 8. The number of carbonyl (C=O) groups excluding carboxylic acids is 1. The summed E-state index contributed by atoms with van der Waals surface area (Å²) in [6, 6.07) is 39.9. The molecule has 25 nitrogen and oxygen atoms in total. The fraction of sp³-hybridized carbons (Fsp3) is 0.459. The van der Waals surface area contributed by atoms with Gasteiger partial charge in [0.1, 0.15) is 51.1 Å². The molecule has 2 unspecified atom stereocenters. The molecule has 5 aliphatic heterocycles. The molecule has 145 heavy (non-hydrogen) atoms. The number of aryl methyl sites for hydroxylation is 4. The summed E-state index contributed by atoms with van der Waals surface area (Å²) >= 11 is 49.8. The van der Waals surface area contributed by atoms with E-state index in [1.54, 1.807) is 36.1 Å². The second-order valence-electron chi connectivity index (χ2n) is 34.2. The van der Waals surface area contributed by atoms with Crippen molar-refractivity contribution in [3.63, 3.8) is 0 Å². The molecular weight excluding hydrogens is 2150 g/mol. The number of aliphatic hydroxyl groups is 3. The molecule has 8 aromatic carbocycles. The van der Waals surface area contributed by atoms with Crippen LogP contribution in [0.5, 0.6) is 0 Å². The van der Waals surface area contributed by atoms with Crippen LogP contribution in [0.1, 0.15) is 225 Å². The Hall–Kier alpha value is -7.48. The summed E-state index contributed by atoms with van der Waals surface area (Å²) < 4.78 is 180. The SMILES string of the molecule is C.C1CCOC1.CCc1ccc(C(CC(C)=O)c2nc3c(Cl)c(N4CCC(F)(F)CC4)c(Cl)cc3[nH]2)cc1.CCc1ccc(C(CCO)c2nc3c(Cl)c(N4CCC(F)(F)CC4)c(Cl)cc3[nH]2)cc1.CCc1ccc([C@@H](CCO)c2nc3c(Cl)c(N4CCC(F)(F)CC4)c(Cl)cc3[nH]2)cc1.CCc1ccc([C@H](CCO)c2nc3c(Cl)c(N4CCC(F)(F)CC4)c(Cl)cc3[nH]2)cc1.O=S=O.O=S=O.O=S=O.O=S=O.[AlH3].[H-].[Li+]. The van der Waals surface area contributed by atoms with Crippen molar-refractivity contribution in [3.05, 3.63) is 229 Å². The van der Waals surface area contributed by atoms with Gasteiger partial charge in [0.05, 0.1) is 85.0 Å². The third kappa shape index (κ3) is 34.8. The van der Waals surface area contributed by atoms with Gasteiger partial charge < -0.3 is 61.0 Å². The van der Waals surface area contributed by atoms with Gasteiger partial charge in [-0.1, -0.05) is 225 Å². The smallest absolute Gasteiger partial charge is 1.00 e. The molecule has 4 atom stereocenters. The van der Waals surface area contributed by atoms with Gasteiger partial charge in [-0.05, 0) is 133 Å². The van der Waals surface area contributed by atoms with Crippen LogP contribution >= 0.6 is 92.8 Å². The molecule has 0 radical (unpaired) electrons. The molecule has 17 rings (SSSR count). The van der Waals surface area contributed by atoms with Crippen molar-refractivity contribution >= 4 is 229 Å². The monoisotopic (exact) mass is 2260 g/mol. The van der Waals surface area contributed by atoms with Gasteiger partial charge in [0.15, 0.2) is 17.4 Å². The van der Waals surface area contributed by atoms with Gasteiger partial charge in [0.25, 0.3) is 23.7 Å². The zero-order valence-corrected chi connectivity index (χ0v) is 88.3. The Kier molecular flexibility index (Phi) is 52.7. The summed E-state index contributed by atoms with van der Waals surface area (Å²) in [6.45, 7) is 13.5. The number of hydrogen-bond donors (Lipinski definition) is 7. The van der Waals surface area contributed by atoms with Crippen molar-refractivity contribution in [2.45, 2.75) is 205 Å². The van der Waals surface area contributed by atoms with Crippen molar-refractivity contribution in [2.24, 2.45) is 0 Å². The maximum atomic E-state index is 13.6. The Morgan fingerprint density at radius 1 is 0.372 bits per heavy atom. The number of rotatable bonds is 24. The summed E-state index contributed by atoms with van der Waals surface area (Å²) in [5.41, 5.74) is 16.1. The summed E-state index contributed by atoms with van der Waals surface area (Å²) in [6.07, 6.45) is 6.32. The fourth-order valence-corrected chi connectivity index (χ4v) is 20.2. The van der Waals surface area contributed by atoms with E-state index >= 15 is 0 Å². The third-order valence-corrected chi connectivity index (χ3v) is 27.5. The zero-order chi connectivity index (χ0) is 104. The molecule has 9 heterocycles. The van der Waals surface area contributed by atoms with Crippen molar-refractivity contribution in [3.8, 4) is 0 Å². The minimum Gasteiger partial charge on any atom is -1.00 e. The van der Waals surface area contributed by atoms with Crippen LogP contribution in [-0.4, -0.2) is 221 Å². The summed E-state index contributed by atoms with van der Waals surface area (Å²) in [4.78, 5) is 51.4. The zero-order valence-electron chi connectivity index (χ0n) is 80.0. The Bertz CT molecular complexity index is 5860. The Balaban J connectivity index is 0.000000321. The number of fused-ring (bicyclic) bond motifs is 4. The first kappa shape index (κ1) is 126. The molecule has 5 fully saturated rings. The first-order valence-electron chi connectivity index (χ1n) is 45.8. The van der Waals surface area contributed by atoms with E-state index in [2.05, 4.69) is 133 Å². The molecule has 7 N–H and O–H groups in total. The quantitative estimate of drug-likeness (QED) is 0.0218. The van der Waals surface area contributed by atoms with E-state index in [1.807, 2.05) is 26.8 Å². The molecule has 47 heteroatoms. The van der Waals surface area contributed by atoms with Crippen LogP contribution in [0.25, 0.3) is 44.1 Å². The number of anilines is 4. The van der Waals surface area contributed by atoms with Crippen LogP contribution in [0, 0.1) is 0 Å². The van der Waals surface area contributed by atoms with Crippen LogP contribution < -0.4 is 38.5 Å². The number of aliphatic hydroxyl groups excluding tert-OH is 3. The standard InChI is InChI=1S/C24H25Cl2F2N3O.3C23H25Cl2F2N3O.C4H8O.CH4.Al.Li.4O2S.4H/c1-3-15-4-6-16(7-5-15)17(12-14(2)32)23-29-19-13-18(25)22(20(26)21(19)30-23)31-10-8-24(27,28)9-11-31;3*1-2-14-3-5-15(6-4-14)16(7-12-31)22-28-18-13-17(24)21(19(25)20(18)29-22)30-10-8-23(26,27)9-11-30;1-2-4-5-3-1;;;;4*1-3-2;;;;/h4-7,13,17H,3,8-12H2,1-2H3,(H,29,30);3*3-6,13,16,31H,2,7-12H2,1H3,(H,28,29);1-4H2;1H4;;;;;;;;;;/q;;;;;;;+1;;;;;;;;-1/t;2*16-;;;;;;;;;;;;;/m.10............./s1. The first-order chi connectivity index (χ1) is 67.8. The van der Waals surface area contributed by atoms with E-state index in [1.165, 1.54) is 35.1 Å². The molecule has 786 valence electrons. The normalized spacial score (nSPS) is 16.0. The van der Waals surface area contributed by atoms with Gasteiger partial charge in [-0.15, -0.1) is 0 Å². The number of imidazole rings is 4. The van der Waals surface area contributed by atoms with Crippen molar-refractivity contribution in [1.29, 1.82) is 0 Å². The largest absolute Gasteiger partial charge is 1.00 e. The maximum absolute atomic E-state index is 13.6. The van der Waals surface area contributed by atoms with E-state index < -0.39 is 70.0 Å². The Morgan fingerprint density at radius 3 is 0.724 bits per heavy atom. The number of ether oxygens (including phenoxy) is 1. The molecule has 0 saturated carbocycles. The van der Waals surface area contributed by atoms with Gasteiger partial charge in [0.2, 0.25) is 0 Å². The predicted octanol–water partition coefficient (Wildman–Crippen LogP) is 20.0. The molecule has 0 aliphatic carbocycles. The summed E-state index contributed by atoms with van der Waals surface area (Å²) in [7, 11) is 0. The Labute approximate surface area is 914 Å². The second kappa shape index (κ2) is 60.5. The third-order valence-electron chi connectivity index (χ3n) is 25.0. The number of piperidine rings is 4. The molecule has 12 aromatic rings. The van der Waals surface area contributed by atoms with Crippen LogP contribution in [0.2, 0.25) is 40.2 Å². The van der Waals surface area contributed by atoms with Crippen LogP contribution in [-0.2, 0) is 81.5 Å². The Morgan fingerprint density at radius 2 is 0.559 bits per heavy atom. The van der Waals surface area contributed by atoms with Crippen molar-refractivity contribution in [1.82, 2.24) is 39.9 Å². The molecule has 5 aliphatic rings. The van der Waals surface area contributed by atoms with Gasteiger partial charge in [-0.2, -0.15) is 33.7 Å². The fourth-order valence-electron chi connectivity index (χ4n) is 17.3.